The van der Waals surface area contributed by atoms with E-state index in [1.807, 2.05) is 30.3 Å². The fraction of sp³-hybridized carbons (Fsp3) is 0.176. The summed E-state index contributed by atoms with van der Waals surface area (Å²) in [4.78, 5) is 4.33. The van der Waals surface area contributed by atoms with E-state index in [4.69, 9.17) is 10.3 Å². The first-order chi connectivity index (χ1) is 10.2. The van der Waals surface area contributed by atoms with E-state index in [0.717, 1.165) is 22.5 Å². The Balaban J connectivity index is 2.08. The van der Waals surface area contributed by atoms with Crippen LogP contribution in [-0.2, 0) is 0 Å². The quantitative estimate of drug-likeness (QED) is 0.783. The molecule has 3 aromatic rings. The van der Waals surface area contributed by atoms with E-state index in [2.05, 4.69) is 36.1 Å². The third-order valence-electron chi connectivity index (χ3n) is 3.49. The number of hydrogen-bond donors (Lipinski definition) is 1. The van der Waals surface area contributed by atoms with Crippen molar-refractivity contribution in [2.75, 3.05) is 5.73 Å². The molecule has 0 spiro atoms. The molecule has 1 aromatic carbocycles. The third-order valence-corrected chi connectivity index (χ3v) is 3.49. The van der Waals surface area contributed by atoms with Crippen LogP contribution in [0.25, 0.3) is 22.5 Å². The highest BCUT2D eigenvalue weighted by Crippen LogP contribution is 2.35. The number of rotatable bonds is 3. The first kappa shape index (κ1) is 13.4. The number of anilines is 1. The smallest absolute Gasteiger partial charge is 0.232 e. The van der Waals surface area contributed by atoms with Gasteiger partial charge in [-0.3, -0.25) is 4.98 Å². The van der Waals surface area contributed by atoms with Gasteiger partial charge in [-0.1, -0.05) is 49.3 Å². The summed E-state index contributed by atoms with van der Waals surface area (Å²) in [6.07, 6.45) is 1.73. The van der Waals surface area contributed by atoms with Crippen molar-refractivity contribution in [1.29, 1.82) is 0 Å². The zero-order valence-corrected chi connectivity index (χ0v) is 12.1. The standard InChI is InChI=1S/C17H17N3O/c1-11(2)12-6-8-13(9-7-12)16-15(17(18)21-20-16)14-5-3-4-10-19-14/h3-11H,18H2,1-2H3. The number of pyridine rings is 1. The number of aromatic nitrogens is 2. The second-order valence-electron chi connectivity index (χ2n) is 5.26. The molecule has 2 aromatic heterocycles. The number of nitrogens with two attached hydrogens (primary N) is 1. The second kappa shape index (κ2) is 5.40. The van der Waals surface area contributed by atoms with Crippen LogP contribution in [0.2, 0.25) is 0 Å². The second-order valence-corrected chi connectivity index (χ2v) is 5.26. The zero-order valence-electron chi connectivity index (χ0n) is 12.1. The van der Waals surface area contributed by atoms with Gasteiger partial charge in [0.15, 0.2) is 0 Å². The van der Waals surface area contributed by atoms with Crippen LogP contribution in [0, 0.1) is 0 Å². The van der Waals surface area contributed by atoms with Crippen LogP contribution in [0.4, 0.5) is 5.88 Å². The van der Waals surface area contributed by atoms with E-state index in [-0.39, 0.29) is 5.88 Å². The Morgan fingerprint density at radius 3 is 2.43 bits per heavy atom. The molecule has 0 amide bonds. The number of nitrogens with zero attached hydrogens (tertiary/aromatic N) is 2. The Morgan fingerprint density at radius 1 is 1.05 bits per heavy atom. The zero-order chi connectivity index (χ0) is 14.8. The van der Waals surface area contributed by atoms with E-state index < -0.39 is 0 Å². The minimum atomic E-state index is 0.289. The van der Waals surface area contributed by atoms with Gasteiger partial charge >= 0.3 is 0 Å². The molecule has 0 bridgehead atoms. The first-order valence-corrected chi connectivity index (χ1v) is 6.93. The van der Waals surface area contributed by atoms with Crippen molar-refractivity contribution in [3.63, 3.8) is 0 Å². The van der Waals surface area contributed by atoms with Crippen molar-refractivity contribution in [2.24, 2.45) is 0 Å². The molecule has 4 heteroatoms. The van der Waals surface area contributed by atoms with Gasteiger partial charge < -0.3 is 10.3 Å². The van der Waals surface area contributed by atoms with Gasteiger partial charge in [0.1, 0.15) is 5.69 Å². The Morgan fingerprint density at radius 2 is 1.81 bits per heavy atom. The molecule has 0 radical (unpaired) electrons. The Kier molecular flexibility index (Phi) is 3.44. The third kappa shape index (κ3) is 2.52. The summed E-state index contributed by atoms with van der Waals surface area (Å²) in [6.45, 7) is 4.34. The van der Waals surface area contributed by atoms with Crippen LogP contribution in [0.3, 0.4) is 0 Å². The van der Waals surface area contributed by atoms with Crippen molar-refractivity contribution < 1.29 is 4.52 Å². The maximum Gasteiger partial charge on any atom is 0.232 e. The summed E-state index contributed by atoms with van der Waals surface area (Å²) < 4.78 is 5.17. The maximum absolute atomic E-state index is 5.92. The Labute approximate surface area is 123 Å². The SMILES string of the molecule is CC(C)c1ccc(-c2noc(N)c2-c2ccccn2)cc1. The summed E-state index contributed by atoms with van der Waals surface area (Å²) >= 11 is 0. The Hall–Kier alpha value is -2.62. The average Bonchev–Trinajstić information content (AvgIpc) is 2.90. The molecule has 106 valence electrons. The molecule has 0 aliphatic carbocycles. The van der Waals surface area contributed by atoms with Crippen molar-refractivity contribution in [3.8, 4) is 22.5 Å². The lowest BCUT2D eigenvalue weighted by Gasteiger charge is -2.06. The summed E-state index contributed by atoms with van der Waals surface area (Å²) in [5.41, 5.74) is 10.4. The monoisotopic (exact) mass is 279 g/mol. The molecule has 21 heavy (non-hydrogen) atoms. The van der Waals surface area contributed by atoms with E-state index in [1.54, 1.807) is 6.20 Å². The van der Waals surface area contributed by atoms with Gasteiger partial charge in [-0.25, -0.2) is 0 Å². The highest BCUT2D eigenvalue weighted by molar-refractivity contribution is 5.85. The molecule has 0 saturated heterocycles. The predicted molar refractivity (Wildman–Crippen MR) is 83.7 cm³/mol. The fourth-order valence-corrected chi connectivity index (χ4v) is 2.28. The van der Waals surface area contributed by atoms with Crippen molar-refractivity contribution in [3.05, 3.63) is 54.2 Å². The molecule has 0 fully saturated rings. The predicted octanol–water partition coefficient (Wildman–Crippen LogP) is 4.11. The van der Waals surface area contributed by atoms with Crippen LogP contribution in [0.5, 0.6) is 0 Å². The van der Waals surface area contributed by atoms with Crippen LogP contribution >= 0.6 is 0 Å². The summed E-state index contributed by atoms with van der Waals surface area (Å²) in [6, 6.07) is 14.0. The van der Waals surface area contributed by atoms with Gasteiger partial charge in [-0.15, -0.1) is 0 Å². The molecule has 0 unspecified atom stereocenters. The van der Waals surface area contributed by atoms with Gasteiger partial charge in [-0.2, -0.15) is 0 Å². The highest BCUT2D eigenvalue weighted by Gasteiger charge is 2.18. The number of benzene rings is 1. The summed E-state index contributed by atoms with van der Waals surface area (Å²) in [5.74, 6) is 0.785. The average molecular weight is 279 g/mol. The van der Waals surface area contributed by atoms with Crippen molar-refractivity contribution in [1.82, 2.24) is 10.1 Å². The lowest BCUT2D eigenvalue weighted by Crippen LogP contribution is -1.91. The lowest BCUT2D eigenvalue weighted by molar-refractivity contribution is 0.439. The topological polar surface area (TPSA) is 64.9 Å². The molecule has 0 atom stereocenters. The van der Waals surface area contributed by atoms with E-state index in [1.165, 1.54) is 5.56 Å². The highest BCUT2D eigenvalue weighted by atomic mass is 16.5. The van der Waals surface area contributed by atoms with Gasteiger partial charge in [-0.05, 0) is 23.6 Å². The molecule has 0 aliphatic heterocycles. The van der Waals surface area contributed by atoms with Gasteiger partial charge in [0.05, 0.1) is 11.3 Å². The van der Waals surface area contributed by atoms with E-state index >= 15 is 0 Å². The van der Waals surface area contributed by atoms with Gasteiger partial charge in [0.2, 0.25) is 5.88 Å². The minimum Gasteiger partial charge on any atom is -0.367 e. The molecule has 4 nitrogen and oxygen atoms in total. The Bertz CT molecular complexity index is 730. The van der Waals surface area contributed by atoms with Crippen LogP contribution in [0.15, 0.2) is 53.2 Å². The maximum atomic E-state index is 5.92. The molecule has 0 aliphatic rings. The molecular weight excluding hydrogens is 262 g/mol. The van der Waals surface area contributed by atoms with Gasteiger partial charge in [0, 0.05) is 11.8 Å². The normalized spacial score (nSPS) is 11.0. The summed E-state index contributed by atoms with van der Waals surface area (Å²) in [5, 5.41) is 4.10. The van der Waals surface area contributed by atoms with Crippen LogP contribution < -0.4 is 5.73 Å². The number of nitrogen functional groups attached to an aromatic ring is 1. The largest absolute Gasteiger partial charge is 0.367 e. The summed E-state index contributed by atoms with van der Waals surface area (Å²) in [7, 11) is 0. The molecule has 3 rings (SSSR count). The lowest BCUT2D eigenvalue weighted by atomic mass is 9.99. The fourth-order valence-electron chi connectivity index (χ4n) is 2.28. The molecule has 2 heterocycles. The van der Waals surface area contributed by atoms with Gasteiger partial charge in [0.25, 0.3) is 0 Å². The number of hydrogen-bond acceptors (Lipinski definition) is 4. The molecule has 2 N–H and O–H groups in total. The van der Waals surface area contributed by atoms with Crippen LogP contribution in [0.1, 0.15) is 25.3 Å². The molecule has 0 saturated carbocycles. The van der Waals surface area contributed by atoms with Crippen molar-refractivity contribution in [2.45, 2.75) is 19.8 Å². The minimum absolute atomic E-state index is 0.289. The van der Waals surface area contributed by atoms with E-state index in [0.29, 0.717) is 5.92 Å². The molecular formula is C17H17N3O. The van der Waals surface area contributed by atoms with Crippen molar-refractivity contribution >= 4 is 5.88 Å². The van der Waals surface area contributed by atoms with E-state index in [9.17, 15) is 0 Å². The van der Waals surface area contributed by atoms with Crippen LogP contribution in [-0.4, -0.2) is 10.1 Å². The first-order valence-electron chi connectivity index (χ1n) is 6.93.